The smallest absolute Gasteiger partial charge is 0.213 e. The van der Waals surface area contributed by atoms with Crippen LogP contribution in [-0.2, 0) is 6.54 Å². The van der Waals surface area contributed by atoms with E-state index in [1.54, 1.807) is 0 Å². The van der Waals surface area contributed by atoms with Gasteiger partial charge in [-0.1, -0.05) is 11.6 Å². The molecule has 4 nitrogen and oxygen atoms in total. The molecule has 0 aliphatic heterocycles. The molecule has 0 radical (unpaired) electrons. The van der Waals surface area contributed by atoms with Gasteiger partial charge < -0.3 is 10.3 Å². The predicted molar refractivity (Wildman–Crippen MR) is 72.5 cm³/mol. The van der Waals surface area contributed by atoms with Crippen LogP contribution >= 0.6 is 27.5 Å². The summed E-state index contributed by atoms with van der Waals surface area (Å²) >= 11 is 9.60. The number of H-pyrrole nitrogens is 1. The van der Waals surface area contributed by atoms with Crippen molar-refractivity contribution >= 4 is 44.3 Å². The third-order valence-corrected chi connectivity index (χ3v) is 3.75. The number of fused-ring (bicyclic) bond motifs is 3. The molecule has 6 heteroatoms. The van der Waals surface area contributed by atoms with E-state index in [1.165, 1.54) is 0 Å². The Bertz CT molecular complexity index is 700. The van der Waals surface area contributed by atoms with Gasteiger partial charge in [-0.25, -0.2) is 4.98 Å². The highest BCUT2D eigenvalue weighted by molar-refractivity contribution is 9.10. The standard InChI is InChI=1S/C11H10BrClN4/c1-14-5-8-10(12)17-9-4-6(13)2-3-7(9)15-11(17)16-8/h2-4,14H,5H2,1H3,(H,15,16). The van der Waals surface area contributed by atoms with Crippen LogP contribution in [-0.4, -0.2) is 21.4 Å². The van der Waals surface area contributed by atoms with Gasteiger partial charge in [0, 0.05) is 11.6 Å². The number of aromatic nitrogens is 3. The van der Waals surface area contributed by atoms with Gasteiger partial charge in [0.25, 0.3) is 0 Å². The van der Waals surface area contributed by atoms with Gasteiger partial charge in [-0.15, -0.1) is 0 Å². The van der Waals surface area contributed by atoms with E-state index in [0.717, 1.165) is 33.7 Å². The number of halogens is 2. The lowest BCUT2D eigenvalue weighted by molar-refractivity contribution is 0.793. The Labute approximate surface area is 111 Å². The Hall–Kier alpha value is -1.04. The number of aromatic amines is 1. The molecule has 2 aromatic heterocycles. The second-order valence-corrected chi connectivity index (χ2v) is 5.02. The van der Waals surface area contributed by atoms with E-state index >= 15 is 0 Å². The quantitative estimate of drug-likeness (QED) is 0.764. The van der Waals surface area contributed by atoms with E-state index in [2.05, 4.69) is 31.2 Å². The zero-order valence-electron chi connectivity index (χ0n) is 9.09. The van der Waals surface area contributed by atoms with Crippen LogP contribution in [0.4, 0.5) is 0 Å². The van der Waals surface area contributed by atoms with Gasteiger partial charge in [-0.05, 0) is 41.2 Å². The number of nitrogens with one attached hydrogen (secondary N) is 2. The first-order valence-corrected chi connectivity index (χ1v) is 6.36. The van der Waals surface area contributed by atoms with Crippen molar-refractivity contribution in [3.8, 4) is 0 Å². The average molecular weight is 314 g/mol. The molecule has 0 saturated heterocycles. The number of benzene rings is 1. The Morgan fingerprint density at radius 3 is 3.12 bits per heavy atom. The molecular formula is C11H10BrClN4. The molecule has 0 aliphatic carbocycles. The van der Waals surface area contributed by atoms with E-state index in [9.17, 15) is 0 Å². The van der Waals surface area contributed by atoms with Crippen molar-refractivity contribution in [2.24, 2.45) is 0 Å². The SMILES string of the molecule is CNCc1[nH]c2nc3ccc(Cl)cc3n2c1Br. The molecule has 3 rings (SSSR count). The maximum absolute atomic E-state index is 6.02. The van der Waals surface area contributed by atoms with Crippen molar-refractivity contribution in [2.45, 2.75) is 6.54 Å². The lowest BCUT2D eigenvalue weighted by Crippen LogP contribution is -2.05. The van der Waals surface area contributed by atoms with E-state index in [1.807, 2.05) is 29.6 Å². The van der Waals surface area contributed by atoms with Gasteiger partial charge in [0.2, 0.25) is 5.78 Å². The molecule has 0 fully saturated rings. The highest BCUT2D eigenvalue weighted by atomic mass is 79.9. The monoisotopic (exact) mass is 312 g/mol. The zero-order valence-corrected chi connectivity index (χ0v) is 11.4. The summed E-state index contributed by atoms with van der Waals surface area (Å²) in [5.74, 6) is 0.819. The van der Waals surface area contributed by atoms with Crippen molar-refractivity contribution in [2.75, 3.05) is 7.05 Å². The maximum atomic E-state index is 6.02. The minimum atomic E-state index is 0.711. The van der Waals surface area contributed by atoms with Gasteiger partial charge in [0.15, 0.2) is 0 Å². The molecule has 0 saturated carbocycles. The van der Waals surface area contributed by atoms with Gasteiger partial charge in [-0.2, -0.15) is 0 Å². The first kappa shape index (κ1) is 11.1. The van der Waals surface area contributed by atoms with Crippen LogP contribution < -0.4 is 5.32 Å². The minimum Gasteiger partial charge on any atom is -0.325 e. The zero-order chi connectivity index (χ0) is 12.0. The van der Waals surface area contributed by atoms with Crippen molar-refractivity contribution in [3.05, 3.63) is 33.5 Å². The summed E-state index contributed by atoms with van der Waals surface area (Å²) in [7, 11) is 1.91. The summed E-state index contributed by atoms with van der Waals surface area (Å²) in [6.45, 7) is 0.756. The molecule has 0 aliphatic rings. The van der Waals surface area contributed by atoms with Gasteiger partial charge in [-0.3, -0.25) is 4.40 Å². The number of imidazole rings is 2. The summed E-state index contributed by atoms with van der Waals surface area (Å²) in [6.07, 6.45) is 0. The van der Waals surface area contributed by atoms with Crippen molar-refractivity contribution in [3.63, 3.8) is 0 Å². The highest BCUT2D eigenvalue weighted by Crippen LogP contribution is 2.26. The Balaban J connectivity index is 2.36. The van der Waals surface area contributed by atoms with Gasteiger partial charge in [0.05, 0.1) is 16.7 Å². The largest absolute Gasteiger partial charge is 0.325 e. The third kappa shape index (κ3) is 1.66. The van der Waals surface area contributed by atoms with Crippen LogP contribution in [0.15, 0.2) is 22.8 Å². The molecule has 0 spiro atoms. The summed E-state index contributed by atoms with van der Waals surface area (Å²) in [5.41, 5.74) is 2.99. The molecule has 0 amide bonds. The summed E-state index contributed by atoms with van der Waals surface area (Å²) in [5, 5.41) is 3.82. The lowest BCUT2D eigenvalue weighted by Gasteiger charge is -1.97. The van der Waals surface area contributed by atoms with Crippen LogP contribution in [0.1, 0.15) is 5.69 Å². The lowest BCUT2D eigenvalue weighted by atomic mass is 10.3. The van der Waals surface area contributed by atoms with Crippen molar-refractivity contribution in [1.82, 2.24) is 19.7 Å². The summed E-state index contributed by atoms with van der Waals surface area (Å²) < 4.78 is 3.00. The van der Waals surface area contributed by atoms with Gasteiger partial charge in [0.1, 0.15) is 4.60 Å². The average Bonchev–Trinajstić information content (AvgIpc) is 2.78. The molecular weight excluding hydrogens is 304 g/mol. The molecule has 2 heterocycles. The van der Waals surface area contributed by atoms with E-state index in [0.29, 0.717) is 5.02 Å². The fourth-order valence-electron chi connectivity index (χ4n) is 1.95. The molecule has 2 N–H and O–H groups in total. The Kier molecular flexibility index (Phi) is 2.61. The van der Waals surface area contributed by atoms with Crippen LogP contribution in [0, 0.1) is 0 Å². The molecule has 17 heavy (non-hydrogen) atoms. The van der Waals surface area contributed by atoms with E-state index in [4.69, 9.17) is 11.6 Å². The third-order valence-electron chi connectivity index (χ3n) is 2.68. The number of nitrogens with zero attached hydrogens (tertiary/aromatic N) is 2. The maximum Gasteiger partial charge on any atom is 0.213 e. The predicted octanol–water partition coefficient (Wildman–Crippen LogP) is 2.95. The van der Waals surface area contributed by atoms with E-state index in [-0.39, 0.29) is 0 Å². The first-order chi connectivity index (χ1) is 8.20. The number of rotatable bonds is 2. The van der Waals surface area contributed by atoms with Crippen molar-refractivity contribution < 1.29 is 0 Å². The fraction of sp³-hybridized carbons (Fsp3) is 0.182. The molecule has 88 valence electrons. The molecule has 0 bridgehead atoms. The Morgan fingerprint density at radius 1 is 1.53 bits per heavy atom. The molecule has 0 unspecified atom stereocenters. The normalized spacial score (nSPS) is 11.7. The van der Waals surface area contributed by atoms with Gasteiger partial charge >= 0.3 is 0 Å². The van der Waals surface area contributed by atoms with Crippen LogP contribution in [0.25, 0.3) is 16.8 Å². The summed E-state index contributed by atoms with van der Waals surface area (Å²) in [6, 6.07) is 5.68. The van der Waals surface area contributed by atoms with Crippen LogP contribution in [0.5, 0.6) is 0 Å². The first-order valence-electron chi connectivity index (χ1n) is 5.19. The topological polar surface area (TPSA) is 45.1 Å². The second kappa shape index (κ2) is 4.01. The fourth-order valence-corrected chi connectivity index (χ4v) is 2.71. The van der Waals surface area contributed by atoms with Crippen molar-refractivity contribution in [1.29, 1.82) is 0 Å². The molecule has 0 atom stereocenters. The molecule has 3 aromatic rings. The Morgan fingerprint density at radius 2 is 2.35 bits per heavy atom. The summed E-state index contributed by atoms with van der Waals surface area (Å²) in [4.78, 5) is 7.78. The van der Waals surface area contributed by atoms with Crippen LogP contribution in [0.2, 0.25) is 5.02 Å². The van der Waals surface area contributed by atoms with E-state index < -0.39 is 0 Å². The van der Waals surface area contributed by atoms with Crippen LogP contribution in [0.3, 0.4) is 0 Å². The number of hydrogen-bond donors (Lipinski definition) is 2. The number of hydrogen-bond acceptors (Lipinski definition) is 2. The second-order valence-electron chi connectivity index (χ2n) is 3.83. The minimum absolute atomic E-state index is 0.711. The molecule has 1 aromatic carbocycles. The highest BCUT2D eigenvalue weighted by Gasteiger charge is 2.13.